The monoisotopic (exact) mass is 323 g/mol. The number of carbonyl (C=O) groups excluding carboxylic acids is 1. The van der Waals surface area contributed by atoms with E-state index in [0.29, 0.717) is 6.54 Å². The number of carbonyl (C=O) groups is 1. The molecule has 23 heavy (non-hydrogen) atoms. The van der Waals surface area contributed by atoms with Crippen molar-refractivity contribution in [3.8, 4) is 5.69 Å². The Bertz CT molecular complexity index is 801. The largest absolute Gasteiger partial charge is 0.348 e. The summed E-state index contributed by atoms with van der Waals surface area (Å²) >= 11 is 1.67. The van der Waals surface area contributed by atoms with Crippen LogP contribution in [0.1, 0.15) is 15.3 Å². The van der Waals surface area contributed by atoms with Crippen molar-refractivity contribution < 1.29 is 4.79 Å². The van der Waals surface area contributed by atoms with Gasteiger partial charge in [-0.3, -0.25) is 4.79 Å². The summed E-state index contributed by atoms with van der Waals surface area (Å²) in [6.45, 7) is 2.56. The van der Waals surface area contributed by atoms with E-state index in [1.165, 1.54) is 4.88 Å². The molecule has 0 unspecified atom stereocenters. The first-order valence-corrected chi connectivity index (χ1v) is 8.14. The van der Waals surface area contributed by atoms with Crippen LogP contribution in [0.15, 0.2) is 60.9 Å². The Labute approximate surface area is 139 Å². The van der Waals surface area contributed by atoms with E-state index in [1.54, 1.807) is 28.3 Å². The van der Waals surface area contributed by atoms with Gasteiger partial charge in [0.05, 0.1) is 5.69 Å². The number of aryl methyl sites for hydroxylation is 1. The second-order valence-electron chi connectivity index (χ2n) is 5.12. The third kappa shape index (κ3) is 4.17. The lowest BCUT2D eigenvalue weighted by Gasteiger charge is -2.05. The van der Waals surface area contributed by atoms with Crippen molar-refractivity contribution in [2.45, 2.75) is 13.5 Å². The second kappa shape index (κ2) is 7.07. The minimum absolute atomic E-state index is 0.0906. The van der Waals surface area contributed by atoms with Crippen LogP contribution in [0.25, 0.3) is 11.8 Å². The average molecular weight is 323 g/mol. The molecule has 116 valence electrons. The number of hydrogen-bond acceptors (Lipinski definition) is 3. The smallest absolute Gasteiger partial charge is 0.244 e. The molecule has 4 nitrogen and oxygen atoms in total. The van der Waals surface area contributed by atoms with Crippen molar-refractivity contribution in [2.24, 2.45) is 0 Å². The lowest BCUT2D eigenvalue weighted by molar-refractivity contribution is -0.116. The number of hydrogen-bond donors (Lipinski definition) is 1. The standard InChI is InChI=1S/C18H17N3OS/c1-14-3-8-17(23-14)9-10-18(22)19-13-15-4-6-16(7-5-15)21-12-2-11-20-21/h2-12H,13H2,1H3,(H,19,22). The first kappa shape index (κ1) is 15.2. The van der Waals surface area contributed by atoms with E-state index in [2.05, 4.69) is 17.3 Å². The first-order valence-electron chi connectivity index (χ1n) is 7.32. The summed E-state index contributed by atoms with van der Waals surface area (Å²) in [6.07, 6.45) is 7.06. The van der Waals surface area contributed by atoms with E-state index < -0.39 is 0 Å². The van der Waals surface area contributed by atoms with E-state index in [0.717, 1.165) is 16.1 Å². The van der Waals surface area contributed by atoms with Crippen molar-refractivity contribution in [3.63, 3.8) is 0 Å². The molecule has 0 fully saturated rings. The molecule has 0 atom stereocenters. The normalized spacial score (nSPS) is 11.0. The van der Waals surface area contributed by atoms with Gasteiger partial charge in [-0.05, 0) is 48.9 Å². The Kier molecular flexibility index (Phi) is 4.68. The maximum absolute atomic E-state index is 11.8. The molecular weight excluding hydrogens is 306 g/mol. The summed E-state index contributed by atoms with van der Waals surface area (Å²) in [4.78, 5) is 14.2. The highest BCUT2D eigenvalue weighted by molar-refractivity contribution is 7.12. The van der Waals surface area contributed by atoms with E-state index in [-0.39, 0.29) is 5.91 Å². The SMILES string of the molecule is Cc1ccc(C=CC(=O)NCc2ccc(-n3cccn3)cc2)s1. The van der Waals surface area contributed by atoms with Gasteiger partial charge in [0.1, 0.15) is 0 Å². The number of aromatic nitrogens is 2. The summed E-state index contributed by atoms with van der Waals surface area (Å²) in [5.41, 5.74) is 2.05. The summed E-state index contributed by atoms with van der Waals surface area (Å²) in [5, 5.41) is 7.07. The molecule has 3 aromatic rings. The predicted octanol–water partition coefficient (Wildman–Crippen LogP) is 3.57. The fourth-order valence-electron chi connectivity index (χ4n) is 2.14. The van der Waals surface area contributed by atoms with Gasteiger partial charge in [-0.1, -0.05) is 12.1 Å². The lowest BCUT2D eigenvalue weighted by Crippen LogP contribution is -2.20. The van der Waals surface area contributed by atoms with Gasteiger partial charge in [-0.2, -0.15) is 5.10 Å². The lowest BCUT2D eigenvalue weighted by atomic mass is 10.2. The Morgan fingerprint density at radius 3 is 2.74 bits per heavy atom. The van der Waals surface area contributed by atoms with Crippen LogP contribution in [0.3, 0.4) is 0 Å². The van der Waals surface area contributed by atoms with Gasteiger partial charge in [0.15, 0.2) is 0 Å². The summed E-state index contributed by atoms with van der Waals surface area (Å²) in [6, 6.07) is 13.9. The Morgan fingerprint density at radius 1 is 1.26 bits per heavy atom. The first-order chi connectivity index (χ1) is 11.2. The highest BCUT2D eigenvalue weighted by atomic mass is 32.1. The Balaban J connectivity index is 1.53. The highest BCUT2D eigenvalue weighted by Crippen LogP contribution is 2.16. The number of rotatable bonds is 5. The molecule has 0 aliphatic rings. The molecule has 0 aliphatic heterocycles. The van der Waals surface area contributed by atoms with Crippen molar-refractivity contribution in [1.29, 1.82) is 0 Å². The average Bonchev–Trinajstić information content (AvgIpc) is 3.23. The maximum Gasteiger partial charge on any atom is 0.244 e. The molecule has 0 radical (unpaired) electrons. The van der Waals surface area contributed by atoms with Crippen molar-refractivity contribution in [3.05, 3.63) is 76.3 Å². The zero-order chi connectivity index (χ0) is 16.1. The number of amides is 1. The van der Waals surface area contributed by atoms with Gasteiger partial charge in [0.25, 0.3) is 0 Å². The van der Waals surface area contributed by atoms with Crippen LogP contribution < -0.4 is 5.32 Å². The molecule has 5 heteroatoms. The van der Waals surface area contributed by atoms with Gasteiger partial charge < -0.3 is 5.32 Å². The molecule has 3 rings (SSSR count). The molecule has 0 aliphatic carbocycles. The quantitative estimate of drug-likeness (QED) is 0.730. The van der Waals surface area contributed by atoms with Crippen LogP contribution in [-0.4, -0.2) is 15.7 Å². The van der Waals surface area contributed by atoms with Gasteiger partial charge >= 0.3 is 0 Å². The van der Waals surface area contributed by atoms with Crippen LogP contribution >= 0.6 is 11.3 Å². The molecule has 2 heterocycles. The van der Waals surface area contributed by atoms with E-state index >= 15 is 0 Å². The van der Waals surface area contributed by atoms with Gasteiger partial charge in [-0.15, -0.1) is 11.3 Å². The zero-order valence-electron chi connectivity index (χ0n) is 12.8. The van der Waals surface area contributed by atoms with Crippen LogP contribution in [-0.2, 0) is 11.3 Å². The highest BCUT2D eigenvalue weighted by Gasteiger charge is 2.00. The molecule has 0 saturated heterocycles. The molecule has 0 spiro atoms. The third-order valence-corrected chi connectivity index (χ3v) is 4.30. The van der Waals surface area contributed by atoms with Gasteiger partial charge in [0.2, 0.25) is 5.91 Å². The molecule has 1 N–H and O–H groups in total. The maximum atomic E-state index is 11.8. The number of thiophene rings is 1. The number of benzene rings is 1. The fourth-order valence-corrected chi connectivity index (χ4v) is 2.92. The van der Waals surface area contributed by atoms with Crippen molar-refractivity contribution in [2.75, 3.05) is 0 Å². The second-order valence-corrected chi connectivity index (χ2v) is 6.44. The number of nitrogens with one attached hydrogen (secondary N) is 1. The topological polar surface area (TPSA) is 46.9 Å². The predicted molar refractivity (Wildman–Crippen MR) is 93.5 cm³/mol. The van der Waals surface area contributed by atoms with Crippen molar-refractivity contribution >= 4 is 23.3 Å². The van der Waals surface area contributed by atoms with Gasteiger partial charge in [0, 0.05) is 34.8 Å². The van der Waals surface area contributed by atoms with Crippen molar-refractivity contribution in [1.82, 2.24) is 15.1 Å². The minimum Gasteiger partial charge on any atom is -0.348 e. The molecule has 1 amide bonds. The molecule has 0 saturated carbocycles. The van der Waals surface area contributed by atoms with E-state index in [9.17, 15) is 4.79 Å². The fraction of sp³-hybridized carbons (Fsp3) is 0.111. The molecule has 0 bridgehead atoms. The van der Waals surface area contributed by atoms with Crippen LogP contribution in [0.2, 0.25) is 0 Å². The minimum atomic E-state index is -0.0906. The van der Waals surface area contributed by atoms with Crippen LogP contribution in [0, 0.1) is 6.92 Å². The van der Waals surface area contributed by atoms with E-state index in [1.807, 2.05) is 54.7 Å². The molecular formula is C18H17N3OS. The Morgan fingerprint density at radius 2 is 2.09 bits per heavy atom. The van der Waals surface area contributed by atoms with Gasteiger partial charge in [-0.25, -0.2) is 4.68 Å². The summed E-state index contributed by atoms with van der Waals surface area (Å²) in [7, 11) is 0. The summed E-state index contributed by atoms with van der Waals surface area (Å²) in [5.74, 6) is -0.0906. The molecule has 1 aromatic carbocycles. The van der Waals surface area contributed by atoms with Crippen LogP contribution in [0.5, 0.6) is 0 Å². The number of nitrogens with zero attached hydrogens (tertiary/aromatic N) is 2. The Hall–Kier alpha value is -2.66. The molecule has 2 aromatic heterocycles. The third-order valence-electron chi connectivity index (χ3n) is 3.33. The van der Waals surface area contributed by atoms with E-state index in [4.69, 9.17) is 0 Å². The zero-order valence-corrected chi connectivity index (χ0v) is 13.6. The van der Waals surface area contributed by atoms with Crippen LogP contribution in [0.4, 0.5) is 0 Å². The summed E-state index contributed by atoms with van der Waals surface area (Å²) < 4.78 is 1.80.